The van der Waals surface area contributed by atoms with Crippen molar-refractivity contribution in [3.05, 3.63) is 0 Å². The zero-order valence-electron chi connectivity index (χ0n) is 10.2. The van der Waals surface area contributed by atoms with Gasteiger partial charge in [-0.05, 0) is 37.5 Å². The Kier molecular flexibility index (Phi) is 6.35. The highest BCUT2D eigenvalue weighted by Gasteiger charge is 2.30. The second kappa shape index (κ2) is 7.28. The van der Waals surface area contributed by atoms with Crippen molar-refractivity contribution in [2.45, 2.75) is 49.0 Å². The van der Waals surface area contributed by atoms with Crippen LogP contribution in [0.4, 0.5) is 0 Å². The van der Waals surface area contributed by atoms with Crippen LogP contribution in [0.1, 0.15) is 38.5 Å². The van der Waals surface area contributed by atoms with Crippen molar-refractivity contribution >= 4 is 37.2 Å². The van der Waals surface area contributed by atoms with Crippen LogP contribution >= 0.6 is 25.3 Å². The SMILES string of the molecule is O=C(O)CC(S)C1CCC(C(S)CC(=O)O)CC1. The predicted octanol–water partition coefficient (Wildman–Crippen LogP) is 2.34. The summed E-state index contributed by atoms with van der Waals surface area (Å²) >= 11 is 8.71. The minimum Gasteiger partial charge on any atom is -0.481 e. The largest absolute Gasteiger partial charge is 0.481 e. The lowest BCUT2D eigenvalue weighted by Gasteiger charge is -2.33. The van der Waals surface area contributed by atoms with Crippen LogP contribution in [0, 0.1) is 11.8 Å². The van der Waals surface area contributed by atoms with Crippen molar-refractivity contribution in [2.24, 2.45) is 11.8 Å². The fourth-order valence-electron chi connectivity index (χ4n) is 2.61. The lowest BCUT2D eigenvalue weighted by Crippen LogP contribution is -2.28. The molecule has 0 bridgehead atoms. The van der Waals surface area contributed by atoms with Gasteiger partial charge in [-0.15, -0.1) is 0 Å². The number of hydrogen-bond donors (Lipinski definition) is 4. The summed E-state index contributed by atoms with van der Waals surface area (Å²) in [5.74, 6) is -0.970. The molecule has 0 aliphatic heterocycles. The highest BCUT2D eigenvalue weighted by atomic mass is 32.1. The van der Waals surface area contributed by atoms with Gasteiger partial charge in [0.05, 0.1) is 12.8 Å². The molecule has 1 aliphatic carbocycles. The van der Waals surface area contributed by atoms with E-state index in [1.165, 1.54) is 0 Å². The van der Waals surface area contributed by atoms with E-state index in [0.29, 0.717) is 11.8 Å². The molecule has 0 aromatic carbocycles. The van der Waals surface area contributed by atoms with Crippen molar-refractivity contribution in [1.82, 2.24) is 0 Å². The van der Waals surface area contributed by atoms with Gasteiger partial charge >= 0.3 is 11.9 Å². The first-order valence-electron chi connectivity index (χ1n) is 6.20. The molecule has 2 atom stereocenters. The number of thiol groups is 2. The van der Waals surface area contributed by atoms with Crippen molar-refractivity contribution < 1.29 is 19.8 Å². The van der Waals surface area contributed by atoms with Gasteiger partial charge in [-0.25, -0.2) is 0 Å². The third-order valence-electron chi connectivity index (χ3n) is 3.67. The molecule has 6 heteroatoms. The van der Waals surface area contributed by atoms with Crippen LogP contribution in [0.2, 0.25) is 0 Å². The monoisotopic (exact) mass is 292 g/mol. The Hall–Kier alpha value is -0.360. The zero-order chi connectivity index (χ0) is 13.7. The van der Waals surface area contributed by atoms with E-state index in [2.05, 4.69) is 25.3 Å². The minimum atomic E-state index is -0.810. The molecule has 0 saturated heterocycles. The fraction of sp³-hybridized carbons (Fsp3) is 0.833. The summed E-state index contributed by atoms with van der Waals surface area (Å²) in [4.78, 5) is 21.2. The second-order valence-electron chi connectivity index (χ2n) is 5.01. The molecule has 2 unspecified atom stereocenters. The summed E-state index contributed by atoms with van der Waals surface area (Å²) in [6.07, 6.45) is 3.87. The fourth-order valence-corrected chi connectivity index (χ4v) is 3.51. The Labute approximate surface area is 118 Å². The molecular weight excluding hydrogens is 272 g/mol. The van der Waals surface area contributed by atoms with Gasteiger partial charge in [0.1, 0.15) is 0 Å². The van der Waals surface area contributed by atoms with Gasteiger partial charge in [0.25, 0.3) is 0 Å². The Balaban J connectivity index is 2.36. The van der Waals surface area contributed by atoms with Crippen molar-refractivity contribution in [3.8, 4) is 0 Å². The van der Waals surface area contributed by atoms with Crippen LogP contribution in [-0.4, -0.2) is 32.7 Å². The van der Waals surface area contributed by atoms with Gasteiger partial charge in [0.15, 0.2) is 0 Å². The van der Waals surface area contributed by atoms with Crippen LogP contribution in [0.25, 0.3) is 0 Å². The summed E-state index contributed by atoms with van der Waals surface area (Å²) in [7, 11) is 0. The third-order valence-corrected chi connectivity index (χ3v) is 4.88. The summed E-state index contributed by atoms with van der Waals surface area (Å²) in [5.41, 5.74) is 0. The van der Waals surface area contributed by atoms with E-state index in [1.54, 1.807) is 0 Å². The molecule has 0 aromatic rings. The maximum Gasteiger partial charge on any atom is 0.304 e. The van der Waals surface area contributed by atoms with Gasteiger partial charge < -0.3 is 10.2 Å². The van der Waals surface area contributed by atoms with E-state index in [0.717, 1.165) is 25.7 Å². The topological polar surface area (TPSA) is 74.6 Å². The summed E-state index contributed by atoms with van der Waals surface area (Å²) in [6.45, 7) is 0. The van der Waals surface area contributed by atoms with Crippen LogP contribution < -0.4 is 0 Å². The smallest absolute Gasteiger partial charge is 0.304 e. The molecule has 1 fully saturated rings. The normalized spacial score (nSPS) is 27.4. The molecule has 0 radical (unpaired) electrons. The molecule has 0 amide bonds. The van der Waals surface area contributed by atoms with E-state index < -0.39 is 11.9 Å². The van der Waals surface area contributed by atoms with E-state index in [9.17, 15) is 9.59 Å². The first kappa shape index (κ1) is 15.7. The molecule has 0 aromatic heterocycles. The van der Waals surface area contributed by atoms with Gasteiger partial charge in [0.2, 0.25) is 0 Å². The molecule has 18 heavy (non-hydrogen) atoms. The van der Waals surface area contributed by atoms with Crippen LogP contribution in [0.3, 0.4) is 0 Å². The molecule has 1 saturated carbocycles. The predicted molar refractivity (Wildman–Crippen MR) is 75.5 cm³/mol. The average molecular weight is 292 g/mol. The number of carboxylic acids is 2. The quantitative estimate of drug-likeness (QED) is 0.567. The zero-order valence-corrected chi connectivity index (χ0v) is 11.9. The van der Waals surface area contributed by atoms with Gasteiger partial charge in [-0.2, -0.15) is 25.3 Å². The lowest BCUT2D eigenvalue weighted by molar-refractivity contribution is -0.138. The number of aliphatic carboxylic acids is 2. The van der Waals surface area contributed by atoms with Gasteiger partial charge in [-0.1, -0.05) is 0 Å². The first-order chi connectivity index (χ1) is 8.40. The number of carboxylic acid groups (broad SMARTS) is 2. The maximum atomic E-state index is 10.6. The molecule has 104 valence electrons. The van der Waals surface area contributed by atoms with Crippen molar-refractivity contribution in [2.75, 3.05) is 0 Å². The van der Waals surface area contributed by atoms with Crippen molar-refractivity contribution in [3.63, 3.8) is 0 Å². The molecule has 0 spiro atoms. The molecule has 1 aliphatic rings. The Morgan fingerprint density at radius 2 is 1.17 bits per heavy atom. The van der Waals surface area contributed by atoms with Gasteiger partial charge in [-0.3, -0.25) is 9.59 Å². The van der Waals surface area contributed by atoms with Gasteiger partial charge in [0, 0.05) is 10.5 Å². The molecule has 1 rings (SSSR count). The average Bonchev–Trinajstić information content (AvgIpc) is 2.27. The van der Waals surface area contributed by atoms with Crippen LogP contribution in [0.5, 0.6) is 0 Å². The standard InChI is InChI=1S/C12H20O4S2/c13-11(14)5-9(17)7-1-2-8(4-3-7)10(18)6-12(15)16/h7-10,17-18H,1-6H2,(H,13,14)(H,15,16). The Bertz CT molecular complexity index is 270. The Morgan fingerprint density at radius 3 is 1.39 bits per heavy atom. The second-order valence-corrected chi connectivity index (χ2v) is 6.33. The number of hydrogen-bond acceptors (Lipinski definition) is 4. The van der Waals surface area contributed by atoms with E-state index in [4.69, 9.17) is 10.2 Å². The molecule has 2 N–H and O–H groups in total. The van der Waals surface area contributed by atoms with Crippen LogP contribution in [0.15, 0.2) is 0 Å². The first-order valence-corrected chi connectivity index (χ1v) is 7.23. The molecule has 4 nitrogen and oxygen atoms in total. The summed E-state index contributed by atoms with van der Waals surface area (Å²) in [5, 5.41) is 17.3. The highest BCUT2D eigenvalue weighted by molar-refractivity contribution is 7.81. The van der Waals surface area contributed by atoms with E-state index in [-0.39, 0.29) is 23.3 Å². The minimum absolute atomic E-state index is 0.0951. The third kappa shape index (κ3) is 5.10. The molecular formula is C12H20O4S2. The highest BCUT2D eigenvalue weighted by Crippen LogP contribution is 2.37. The van der Waals surface area contributed by atoms with Crippen LogP contribution in [-0.2, 0) is 9.59 Å². The maximum absolute atomic E-state index is 10.6. The Morgan fingerprint density at radius 1 is 0.889 bits per heavy atom. The van der Waals surface area contributed by atoms with Crippen molar-refractivity contribution in [1.29, 1.82) is 0 Å². The number of carbonyl (C=O) groups is 2. The lowest BCUT2D eigenvalue weighted by atomic mass is 9.78. The molecule has 0 heterocycles. The summed E-state index contributed by atoms with van der Waals surface area (Å²) < 4.78 is 0. The van der Waals surface area contributed by atoms with E-state index in [1.807, 2.05) is 0 Å². The number of rotatable bonds is 6. The van der Waals surface area contributed by atoms with E-state index >= 15 is 0 Å². The summed E-state index contributed by atoms with van der Waals surface area (Å²) in [6, 6.07) is 0.